The zero-order chi connectivity index (χ0) is 21.3. The lowest BCUT2D eigenvalue weighted by Crippen LogP contribution is -2.31. The highest BCUT2D eigenvalue weighted by Gasteiger charge is 2.13. The van der Waals surface area contributed by atoms with Crippen molar-refractivity contribution in [3.05, 3.63) is 30.5 Å². The van der Waals surface area contributed by atoms with E-state index in [4.69, 9.17) is 9.47 Å². The largest absolute Gasteiger partial charge is 0.497 e. The number of benzene rings is 1. The number of aromatic nitrogens is 4. The van der Waals surface area contributed by atoms with Crippen molar-refractivity contribution in [3.63, 3.8) is 0 Å². The number of hydrogen-bond donors (Lipinski definition) is 2. The zero-order valence-corrected chi connectivity index (χ0v) is 18.2. The van der Waals surface area contributed by atoms with Gasteiger partial charge in [0, 0.05) is 13.1 Å². The van der Waals surface area contributed by atoms with Crippen molar-refractivity contribution in [3.8, 4) is 11.5 Å². The molecule has 160 valence electrons. The van der Waals surface area contributed by atoms with Gasteiger partial charge in [0.05, 0.1) is 25.2 Å². The van der Waals surface area contributed by atoms with E-state index in [9.17, 15) is 4.79 Å². The van der Waals surface area contributed by atoms with Crippen molar-refractivity contribution in [1.29, 1.82) is 0 Å². The molecular formula is C20H26N6O3S. The monoisotopic (exact) mass is 430 g/mol. The van der Waals surface area contributed by atoms with E-state index in [0.717, 1.165) is 35.6 Å². The van der Waals surface area contributed by atoms with E-state index >= 15 is 0 Å². The van der Waals surface area contributed by atoms with E-state index in [0.29, 0.717) is 24.0 Å². The highest BCUT2D eigenvalue weighted by atomic mass is 32.2. The van der Waals surface area contributed by atoms with E-state index in [-0.39, 0.29) is 12.5 Å². The number of carbonyl (C=O) groups is 1. The molecule has 0 radical (unpaired) electrons. The molecule has 0 saturated carbocycles. The van der Waals surface area contributed by atoms with Gasteiger partial charge in [-0.2, -0.15) is 5.10 Å². The van der Waals surface area contributed by atoms with Gasteiger partial charge in [-0.3, -0.25) is 4.79 Å². The summed E-state index contributed by atoms with van der Waals surface area (Å²) in [6, 6.07) is 7.08. The number of fused-ring (bicyclic) bond motifs is 1. The molecule has 3 rings (SSSR count). The van der Waals surface area contributed by atoms with Crippen LogP contribution in [0.2, 0.25) is 0 Å². The number of anilines is 1. The molecule has 0 aliphatic rings. The fourth-order valence-electron chi connectivity index (χ4n) is 2.74. The third-order valence-corrected chi connectivity index (χ3v) is 4.82. The number of amides is 1. The Kier molecular flexibility index (Phi) is 7.72. The number of hydrogen-bond acceptors (Lipinski definition) is 8. The topological polar surface area (TPSA) is 103 Å². The Morgan fingerprint density at radius 2 is 1.93 bits per heavy atom. The smallest absolute Gasteiger partial charge is 0.258 e. The molecule has 0 aliphatic heterocycles. The molecule has 9 nitrogen and oxygen atoms in total. The average molecular weight is 431 g/mol. The molecule has 10 heteroatoms. The van der Waals surface area contributed by atoms with Gasteiger partial charge in [-0.1, -0.05) is 18.7 Å². The number of rotatable bonds is 11. The lowest BCUT2D eigenvalue weighted by atomic mass is 10.3. The van der Waals surface area contributed by atoms with Crippen LogP contribution in [0.15, 0.2) is 35.6 Å². The average Bonchev–Trinajstić information content (AvgIpc) is 3.19. The first kappa shape index (κ1) is 21.7. The summed E-state index contributed by atoms with van der Waals surface area (Å²) < 4.78 is 12.4. The standard InChI is InChI=1S/C20H26N6O3S/c1-4-9-22-18-16-12-23-26(19(16)25-20(24-18)30-3)11-10-21-17(27)13-29-15-7-5-14(28-2)6-8-15/h5-8,12H,4,9-11,13H2,1-3H3,(H,21,27)(H,22,24,25). The van der Waals surface area contributed by atoms with Crippen molar-refractivity contribution < 1.29 is 14.3 Å². The maximum atomic E-state index is 12.1. The summed E-state index contributed by atoms with van der Waals surface area (Å²) in [5.74, 6) is 1.93. The van der Waals surface area contributed by atoms with Crippen LogP contribution in [-0.2, 0) is 11.3 Å². The van der Waals surface area contributed by atoms with Crippen LogP contribution in [-0.4, -0.2) is 58.7 Å². The number of nitrogens with zero attached hydrogens (tertiary/aromatic N) is 4. The summed E-state index contributed by atoms with van der Waals surface area (Å²) in [4.78, 5) is 21.2. The summed E-state index contributed by atoms with van der Waals surface area (Å²) in [7, 11) is 1.60. The number of ether oxygens (including phenoxy) is 2. The molecule has 0 atom stereocenters. The molecule has 1 amide bonds. The van der Waals surface area contributed by atoms with Gasteiger partial charge in [0.2, 0.25) is 0 Å². The maximum Gasteiger partial charge on any atom is 0.258 e. The predicted octanol–water partition coefficient (Wildman–Crippen LogP) is 2.57. The third kappa shape index (κ3) is 5.53. The molecule has 0 fully saturated rings. The summed E-state index contributed by atoms with van der Waals surface area (Å²) in [6.45, 7) is 3.78. The van der Waals surface area contributed by atoms with Crippen LogP contribution in [0.4, 0.5) is 5.82 Å². The van der Waals surface area contributed by atoms with Gasteiger partial charge >= 0.3 is 0 Å². The van der Waals surface area contributed by atoms with E-state index in [1.54, 1.807) is 42.3 Å². The van der Waals surface area contributed by atoms with Gasteiger partial charge in [0.15, 0.2) is 17.4 Å². The Hall–Kier alpha value is -3.01. The Balaban J connectivity index is 1.55. The van der Waals surface area contributed by atoms with Crippen LogP contribution in [0.1, 0.15) is 13.3 Å². The highest BCUT2D eigenvalue weighted by Crippen LogP contribution is 2.23. The van der Waals surface area contributed by atoms with Crippen molar-refractivity contribution >= 4 is 34.5 Å². The Morgan fingerprint density at radius 1 is 1.17 bits per heavy atom. The molecule has 30 heavy (non-hydrogen) atoms. The van der Waals surface area contributed by atoms with E-state index < -0.39 is 0 Å². The van der Waals surface area contributed by atoms with Crippen molar-refractivity contribution in [1.82, 2.24) is 25.1 Å². The lowest BCUT2D eigenvalue weighted by molar-refractivity contribution is -0.123. The van der Waals surface area contributed by atoms with Crippen LogP contribution in [0.25, 0.3) is 11.0 Å². The van der Waals surface area contributed by atoms with Crippen molar-refractivity contribution in [2.45, 2.75) is 25.0 Å². The second-order valence-electron chi connectivity index (χ2n) is 6.40. The summed E-state index contributed by atoms with van der Waals surface area (Å²) in [5, 5.41) is 12.1. The molecule has 2 N–H and O–H groups in total. The number of carbonyl (C=O) groups excluding carboxylic acids is 1. The predicted molar refractivity (Wildman–Crippen MR) is 117 cm³/mol. The Morgan fingerprint density at radius 3 is 2.63 bits per heavy atom. The molecule has 2 heterocycles. The van der Waals surface area contributed by atoms with Crippen molar-refractivity contribution in [2.24, 2.45) is 0 Å². The lowest BCUT2D eigenvalue weighted by Gasteiger charge is -2.09. The summed E-state index contributed by atoms with van der Waals surface area (Å²) >= 11 is 1.48. The van der Waals surface area contributed by atoms with Crippen LogP contribution in [0.3, 0.4) is 0 Å². The molecule has 0 bridgehead atoms. The zero-order valence-electron chi connectivity index (χ0n) is 17.3. The van der Waals surface area contributed by atoms with Crippen LogP contribution in [0, 0.1) is 0 Å². The first-order valence-electron chi connectivity index (χ1n) is 9.69. The Bertz CT molecular complexity index is 977. The Labute approximate surface area is 179 Å². The van der Waals surface area contributed by atoms with Gasteiger partial charge in [-0.15, -0.1) is 0 Å². The van der Waals surface area contributed by atoms with Crippen LogP contribution in [0.5, 0.6) is 11.5 Å². The number of thioether (sulfide) groups is 1. The quantitative estimate of drug-likeness (QED) is 0.353. The minimum Gasteiger partial charge on any atom is -0.497 e. The minimum absolute atomic E-state index is 0.0595. The first-order valence-corrected chi connectivity index (χ1v) is 10.9. The third-order valence-electron chi connectivity index (χ3n) is 4.28. The molecule has 1 aromatic carbocycles. The van der Waals surface area contributed by atoms with Crippen LogP contribution >= 0.6 is 11.8 Å². The normalized spacial score (nSPS) is 10.8. The summed E-state index contributed by atoms with van der Waals surface area (Å²) in [5.41, 5.74) is 0.747. The van der Waals surface area contributed by atoms with E-state index in [1.165, 1.54) is 11.8 Å². The molecule has 0 unspecified atom stereocenters. The molecule has 0 spiro atoms. The van der Waals surface area contributed by atoms with Gasteiger partial charge in [0.25, 0.3) is 5.91 Å². The second-order valence-corrected chi connectivity index (χ2v) is 7.18. The van der Waals surface area contributed by atoms with Gasteiger partial charge in [0.1, 0.15) is 17.3 Å². The van der Waals surface area contributed by atoms with E-state index in [2.05, 4.69) is 32.6 Å². The second kappa shape index (κ2) is 10.7. The molecule has 0 aliphatic carbocycles. The fraction of sp³-hybridized carbons (Fsp3) is 0.400. The highest BCUT2D eigenvalue weighted by molar-refractivity contribution is 7.98. The molecular weight excluding hydrogens is 404 g/mol. The van der Waals surface area contributed by atoms with Crippen molar-refractivity contribution in [2.75, 3.05) is 38.4 Å². The van der Waals surface area contributed by atoms with Gasteiger partial charge < -0.3 is 20.1 Å². The number of methoxy groups -OCH3 is 1. The van der Waals surface area contributed by atoms with Gasteiger partial charge in [-0.25, -0.2) is 14.6 Å². The fourth-order valence-corrected chi connectivity index (χ4v) is 3.10. The maximum absolute atomic E-state index is 12.1. The molecule has 0 saturated heterocycles. The van der Waals surface area contributed by atoms with Crippen LogP contribution < -0.4 is 20.1 Å². The number of nitrogens with one attached hydrogen (secondary N) is 2. The van der Waals surface area contributed by atoms with Gasteiger partial charge in [-0.05, 0) is 36.9 Å². The molecule has 2 aromatic heterocycles. The van der Waals surface area contributed by atoms with E-state index in [1.807, 2.05) is 6.26 Å². The minimum atomic E-state index is -0.202. The first-order chi connectivity index (χ1) is 14.6. The summed E-state index contributed by atoms with van der Waals surface area (Å²) in [6.07, 6.45) is 4.69. The molecule has 3 aromatic rings. The SMILES string of the molecule is CCCNc1nc(SC)nc2c1cnn2CCNC(=O)COc1ccc(OC)cc1.